The molecule has 1 atom stereocenters. The van der Waals surface area contributed by atoms with Crippen LogP contribution in [-0.2, 0) is 18.4 Å². The molecule has 0 spiro atoms. The number of hydrogen-bond acceptors (Lipinski definition) is 4. The third-order valence-electron chi connectivity index (χ3n) is 5.62. The lowest BCUT2D eigenvalue weighted by Gasteiger charge is -2.38. The number of aliphatic hydroxyl groups is 1. The van der Waals surface area contributed by atoms with E-state index in [0.717, 1.165) is 24.8 Å². The number of carbonyl (C=O) groups is 1. The van der Waals surface area contributed by atoms with Crippen molar-refractivity contribution in [3.05, 3.63) is 46.8 Å². The second kappa shape index (κ2) is 6.50. The maximum Gasteiger partial charge on any atom is 0.253 e. The number of piperidine rings is 1. The van der Waals surface area contributed by atoms with Crippen molar-refractivity contribution in [2.24, 2.45) is 0 Å². The summed E-state index contributed by atoms with van der Waals surface area (Å²) in [6, 6.07) is 6.23. The molecular formula is C20H26N4O2. The number of aryl methyl sites for hydroxylation is 2. The van der Waals surface area contributed by atoms with Crippen LogP contribution in [0.25, 0.3) is 0 Å². The molecule has 1 aromatic heterocycles. The minimum absolute atomic E-state index is 0.00548. The first kappa shape index (κ1) is 17.2. The van der Waals surface area contributed by atoms with Crippen molar-refractivity contribution in [1.29, 1.82) is 0 Å². The van der Waals surface area contributed by atoms with E-state index in [2.05, 4.69) is 16.4 Å². The average molecular weight is 354 g/mol. The Balaban J connectivity index is 1.55. The number of hydrogen-bond donors (Lipinski definition) is 1. The molecule has 1 aromatic carbocycles. The number of amides is 1. The molecule has 0 unspecified atom stereocenters. The molecule has 1 aliphatic carbocycles. The van der Waals surface area contributed by atoms with Gasteiger partial charge in [0.1, 0.15) is 11.3 Å². The fourth-order valence-corrected chi connectivity index (χ4v) is 4.05. The fourth-order valence-electron chi connectivity index (χ4n) is 4.05. The Morgan fingerprint density at radius 2 is 2.04 bits per heavy atom. The highest BCUT2D eigenvalue weighted by molar-refractivity contribution is 5.94. The first-order valence-electron chi connectivity index (χ1n) is 9.52. The van der Waals surface area contributed by atoms with Gasteiger partial charge in [-0.05, 0) is 69.2 Å². The topological polar surface area (TPSA) is 71.2 Å². The summed E-state index contributed by atoms with van der Waals surface area (Å²) in [5.41, 5.74) is 2.81. The largest absolute Gasteiger partial charge is 0.382 e. The number of β-amino-alcohol motifs (C(OH)–C–C–N with tert-alkyl or cyclic N) is 1. The SMILES string of the molecule is CC(C)n1cc([C@]2(O)CCCN(C(=O)c3ccc4c(c3)CCC4)C2)nn1. The number of likely N-dealkylation sites (tertiary alicyclic amines) is 1. The highest BCUT2D eigenvalue weighted by Crippen LogP contribution is 2.31. The van der Waals surface area contributed by atoms with Crippen molar-refractivity contribution in [3.63, 3.8) is 0 Å². The van der Waals surface area contributed by atoms with Gasteiger partial charge in [-0.15, -0.1) is 5.10 Å². The lowest BCUT2D eigenvalue weighted by atomic mass is 9.89. The van der Waals surface area contributed by atoms with Gasteiger partial charge in [0.25, 0.3) is 5.91 Å². The van der Waals surface area contributed by atoms with Gasteiger partial charge in [0.05, 0.1) is 12.7 Å². The van der Waals surface area contributed by atoms with Crippen LogP contribution in [0.3, 0.4) is 0 Å². The van der Waals surface area contributed by atoms with Crippen molar-refractivity contribution in [3.8, 4) is 0 Å². The van der Waals surface area contributed by atoms with Crippen molar-refractivity contribution in [2.75, 3.05) is 13.1 Å². The molecule has 4 rings (SSSR count). The standard InChI is InChI=1S/C20H26N4O2/c1-14(2)24-12-18(21-22-24)20(26)9-4-10-23(13-20)19(25)17-8-7-15-5-3-6-16(15)11-17/h7-8,11-12,14,26H,3-6,9-10,13H2,1-2H3/t20-/m0/s1. The summed E-state index contributed by atoms with van der Waals surface area (Å²) in [6.07, 6.45) is 6.48. The Labute approximate surface area is 153 Å². The lowest BCUT2D eigenvalue weighted by molar-refractivity contribution is -0.0320. The van der Waals surface area contributed by atoms with Gasteiger partial charge in [-0.3, -0.25) is 4.79 Å². The molecule has 1 amide bonds. The summed E-state index contributed by atoms with van der Waals surface area (Å²) in [4.78, 5) is 14.8. The summed E-state index contributed by atoms with van der Waals surface area (Å²) < 4.78 is 1.74. The molecule has 6 heteroatoms. The Bertz CT molecular complexity index is 829. The van der Waals surface area contributed by atoms with E-state index < -0.39 is 5.60 Å². The molecule has 0 bridgehead atoms. The Hall–Kier alpha value is -2.21. The van der Waals surface area contributed by atoms with E-state index in [1.807, 2.05) is 26.0 Å². The average Bonchev–Trinajstić information content (AvgIpc) is 3.30. The van der Waals surface area contributed by atoms with Gasteiger partial charge >= 0.3 is 0 Å². The van der Waals surface area contributed by atoms with Gasteiger partial charge < -0.3 is 10.0 Å². The van der Waals surface area contributed by atoms with Crippen molar-refractivity contribution < 1.29 is 9.90 Å². The zero-order valence-electron chi connectivity index (χ0n) is 15.5. The summed E-state index contributed by atoms with van der Waals surface area (Å²) in [5.74, 6) is -0.00548. The molecule has 26 heavy (non-hydrogen) atoms. The predicted molar refractivity (Wildman–Crippen MR) is 97.9 cm³/mol. The normalized spacial score (nSPS) is 22.7. The summed E-state index contributed by atoms with van der Waals surface area (Å²) >= 11 is 0. The van der Waals surface area contributed by atoms with E-state index in [4.69, 9.17) is 0 Å². The molecule has 2 aromatic rings. The Morgan fingerprint density at radius 3 is 2.81 bits per heavy atom. The van der Waals surface area contributed by atoms with Crippen LogP contribution >= 0.6 is 0 Å². The van der Waals surface area contributed by atoms with Gasteiger partial charge in [0.15, 0.2) is 0 Å². The van der Waals surface area contributed by atoms with E-state index in [1.165, 1.54) is 17.5 Å². The van der Waals surface area contributed by atoms with Crippen LogP contribution in [0.4, 0.5) is 0 Å². The number of rotatable bonds is 3. The third kappa shape index (κ3) is 3.03. The molecule has 1 fully saturated rings. The summed E-state index contributed by atoms with van der Waals surface area (Å²) in [6.45, 7) is 4.97. The molecule has 0 radical (unpaired) electrons. The smallest absolute Gasteiger partial charge is 0.253 e. The molecule has 138 valence electrons. The van der Waals surface area contributed by atoms with E-state index in [1.54, 1.807) is 15.8 Å². The lowest BCUT2D eigenvalue weighted by Crippen LogP contribution is -2.48. The molecule has 1 saturated heterocycles. The van der Waals surface area contributed by atoms with Crippen LogP contribution in [0.5, 0.6) is 0 Å². The zero-order valence-corrected chi connectivity index (χ0v) is 15.5. The molecular weight excluding hydrogens is 328 g/mol. The second-order valence-corrected chi connectivity index (χ2v) is 7.88. The quantitative estimate of drug-likeness (QED) is 0.919. The zero-order chi connectivity index (χ0) is 18.3. The first-order chi connectivity index (χ1) is 12.5. The number of aromatic nitrogens is 3. The molecule has 6 nitrogen and oxygen atoms in total. The summed E-state index contributed by atoms with van der Waals surface area (Å²) in [5, 5.41) is 19.4. The molecule has 1 N–H and O–H groups in total. The first-order valence-corrected chi connectivity index (χ1v) is 9.52. The van der Waals surface area contributed by atoms with Crippen LogP contribution in [0.15, 0.2) is 24.4 Å². The maximum atomic E-state index is 13.0. The van der Waals surface area contributed by atoms with Gasteiger partial charge in [0.2, 0.25) is 0 Å². The predicted octanol–water partition coefficient (Wildman–Crippen LogP) is 2.47. The number of carbonyl (C=O) groups excluding carboxylic acids is 1. The minimum atomic E-state index is -1.13. The van der Waals surface area contributed by atoms with Crippen molar-refractivity contribution in [2.45, 2.75) is 57.6 Å². The Morgan fingerprint density at radius 1 is 1.23 bits per heavy atom. The second-order valence-electron chi connectivity index (χ2n) is 7.88. The number of fused-ring (bicyclic) bond motifs is 1. The fraction of sp³-hybridized carbons (Fsp3) is 0.550. The van der Waals surface area contributed by atoms with Crippen LogP contribution in [0.2, 0.25) is 0 Å². The van der Waals surface area contributed by atoms with Gasteiger partial charge in [0, 0.05) is 18.2 Å². The molecule has 0 saturated carbocycles. The third-order valence-corrected chi connectivity index (χ3v) is 5.62. The Kier molecular flexibility index (Phi) is 4.31. The van der Waals surface area contributed by atoms with E-state index in [0.29, 0.717) is 18.7 Å². The van der Waals surface area contributed by atoms with E-state index in [-0.39, 0.29) is 18.5 Å². The summed E-state index contributed by atoms with van der Waals surface area (Å²) in [7, 11) is 0. The van der Waals surface area contributed by atoms with Crippen LogP contribution in [0.1, 0.15) is 66.3 Å². The van der Waals surface area contributed by atoms with Gasteiger partial charge in [-0.2, -0.15) is 0 Å². The monoisotopic (exact) mass is 354 g/mol. The molecule has 2 aliphatic rings. The highest BCUT2D eigenvalue weighted by atomic mass is 16.3. The number of benzene rings is 1. The van der Waals surface area contributed by atoms with Crippen LogP contribution < -0.4 is 0 Å². The van der Waals surface area contributed by atoms with E-state index >= 15 is 0 Å². The van der Waals surface area contributed by atoms with Gasteiger partial charge in [-0.25, -0.2) is 4.68 Å². The highest BCUT2D eigenvalue weighted by Gasteiger charge is 2.39. The molecule has 1 aliphatic heterocycles. The molecule has 2 heterocycles. The minimum Gasteiger partial charge on any atom is -0.382 e. The van der Waals surface area contributed by atoms with Crippen LogP contribution in [0, 0.1) is 0 Å². The number of nitrogens with zero attached hydrogens (tertiary/aromatic N) is 4. The van der Waals surface area contributed by atoms with Crippen LogP contribution in [-0.4, -0.2) is 44.0 Å². The van der Waals surface area contributed by atoms with E-state index in [9.17, 15) is 9.90 Å². The van der Waals surface area contributed by atoms with Crippen molar-refractivity contribution >= 4 is 5.91 Å². The maximum absolute atomic E-state index is 13.0. The van der Waals surface area contributed by atoms with Gasteiger partial charge in [-0.1, -0.05) is 11.3 Å². The van der Waals surface area contributed by atoms with Crippen molar-refractivity contribution in [1.82, 2.24) is 19.9 Å².